The minimum atomic E-state index is -0.935. The number of halogens is 1. The highest BCUT2D eigenvalue weighted by Gasteiger charge is 2.28. The number of carboxylic acids is 1. The van der Waals surface area contributed by atoms with Gasteiger partial charge < -0.3 is 10.0 Å². The molecule has 0 bridgehead atoms. The quantitative estimate of drug-likeness (QED) is 0.184. The molecule has 5 heteroatoms. The van der Waals surface area contributed by atoms with Crippen molar-refractivity contribution in [3.05, 3.63) is 80.6 Å². The van der Waals surface area contributed by atoms with Crippen LogP contribution in [0.5, 0.6) is 0 Å². The number of carbonyl (C=O) groups is 1. The molecule has 0 aliphatic heterocycles. The Morgan fingerprint density at radius 1 is 1.06 bits per heavy atom. The highest BCUT2D eigenvalue weighted by atomic mass is 19.1. The van der Waals surface area contributed by atoms with Crippen LogP contribution in [0.3, 0.4) is 0 Å². The van der Waals surface area contributed by atoms with Crippen LogP contribution in [-0.4, -0.2) is 28.7 Å². The highest BCUT2D eigenvalue weighted by Crippen LogP contribution is 2.35. The third-order valence-corrected chi connectivity index (χ3v) is 6.89. The first-order valence-electron chi connectivity index (χ1n) is 12.4. The SMILES string of the molecule is C#C/C(C)=C(C)\C(Cc1ccc(F)cc1)=C(/C)N(C(=C(C)CC)C(CC(=O)O)N=C)/C(C)=C(\C)CC. The Bertz CT molecular complexity index is 1130. The number of hydrogen-bond acceptors (Lipinski definition) is 3. The van der Waals surface area contributed by atoms with E-state index < -0.39 is 12.0 Å². The summed E-state index contributed by atoms with van der Waals surface area (Å²) in [6.45, 7) is 20.0. The van der Waals surface area contributed by atoms with Crippen molar-refractivity contribution in [2.75, 3.05) is 0 Å². The molecule has 4 nitrogen and oxygen atoms in total. The molecule has 1 aromatic rings. The Morgan fingerprint density at radius 2 is 1.61 bits per heavy atom. The van der Waals surface area contributed by atoms with Crippen molar-refractivity contribution >= 4 is 12.7 Å². The van der Waals surface area contributed by atoms with E-state index in [0.717, 1.165) is 57.8 Å². The first-order valence-corrected chi connectivity index (χ1v) is 12.4. The van der Waals surface area contributed by atoms with E-state index in [1.54, 1.807) is 12.1 Å². The lowest BCUT2D eigenvalue weighted by Crippen LogP contribution is -2.31. The maximum Gasteiger partial charge on any atom is 0.305 e. The minimum absolute atomic E-state index is 0.163. The molecule has 0 aromatic heterocycles. The van der Waals surface area contributed by atoms with Gasteiger partial charge in [-0.05, 0) is 96.4 Å². The fourth-order valence-corrected chi connectivity index (χ4v) is 4.09. The predicted octanol–water partition coefficient (Wildman–Crippen LogP) is 7.85. The van der Waals surface area contributed by atoms with E-state index >= 15 is 0 Å². The summed E-state index contributed by atoms with van der Waals surface area (Å²) in [6, 6.07) is 5.84. The number of terminal acetylenes is 1. The molecule has 0 heterocycles. The molecule has 36 heavy (non-hydrogen) atoms. The monoisotopic (exact) mass is 492 g/mol. The van der Waals surface area contributed by atoms with Crippen LogP contribution in [0.2, 0.25) is 0 Å². The molecular weight excluding hydrogens is 451 g/mol. The van der Waals surface area contributed by atoms with E-state index in [4.69, 9.17) is 6.42 Å². The molecule has 1 atom stereocenters. The summed E-state index contributed by atoms with van der Waals surface area (Å²) in [4.78, 5) is 18.2. The average Bonchev–Trinajstić information content (AvgIpc) is 2.87. The number of allylic oxidation sites excluding steroid dienone is 7. The van der Waals surface area contributed by atoms with Gasteiger partial charge in [-0.2, -0.15) is 0 Å². The lowest BCUT2D eigenvalue weighted by Gasteiger charge is -2.36. The van der Waals surface area contributed by atoms with E-state index in [1.807, 2.05) is 34.6 Å². The number of nitrogens with zero attached hydrogens (tertiary/aromatic N) is 2. The number of rotatable bonds is 12. The van der Waals surface area contributed by atoms with Crippen molar-refractivity contribution in [3.63, 3.8) is 0 Å². The molecule has 0 spiro atoms. The molecule has 0 saturated heterocycles. The summed E-state index contributed by atoms with van der Waals surface area (Å²) < 4.78 is 13.6. The van der Waals surface area contributed by atoms with Crippen molar-refractivity contribution in [2.24, 2.45) is 4.99 Å². The fourth-order valence-electron chi connectivity index (χ4n) is 4.09. The smallest absolute Gasteiger partial charge is 0.305 e. The molecule has 1 aromatic carbocycles. The normalized spacial score (nSPS) is 15.0. The van der Waals surface area contributed by atoms with Gasteiger partial charge in [-0.25, -0.2) is 4.39 Å². The molecule has 1 N–H and O–H groups in total. The number of aliphatic carboxylic acids is 1. The Balaban J connectivity index is 4.13. The van der Waals surface area contributed by atoms with Gasteiger partial charge in [0.2, 0.25) is 0 Å². The van der Waals surface area contributed by atoms with Gasteiger partial charge in [0, 0.05) is 22.7 Å². The average molecular weight is 493 g/mol. The number of aliphatic imine (C=N–C) groups is 1. The third-order valence-electron chi connectivity index (χ3n) is 6.89. The minimum Gasteiger partial charge on any atom is -0.481 e. The Labute approximate surface area is 217 Å². The lowest BCUT2D eigenvalue weighted by atomic mass is 9.92. The maximum absolute atomic E-state index is 13.6. The molecule has 0 aliphatic rings. The summed E-state index contributed by atoms with van der Waals surface area (Å²) in [6.07, 6.45) is 7.73. The highest BCUT2D eigenvalue weighted by molar-refractivity contribution is 5.68. The molecule has 0 aliphatic carbocycles. The van der Waals surface area contributed by atoms with Crippen LogP contribution >= 0.6 is 0 Å². The summed E-state index contributed by atoms with van der Waals surface area (Å²) in [5, 5.41) is 9.64. The van der Waals surface area contributed by atoms with Crippen molar-refractivity contribution in [3.8, 4) is 12.3 Å². The first kappa shape index (κ1) is 30.6. The Hall–Kier alpha value is -3.39. The van der Waals surface area contributed by atoms with Crippen molar-refractivity contribution in [2.45, 2.75) is 87.1 Å². The van der Waals surface area contributed by atoms with Crippen LogP contribution in [-0.2, 0) is 11.2 Å². The van der Waals surface area contributed by atoms with Gasteiger partial charge in [-0.1, -0.05) is 43.0 Å². The van der Waals surface area contributed by atoms with Crippen molar-refractivity contribution in [1.82, 2.24) is 4.90 Å². The zero-order valence-electron chi connectivity index (χ0n) is 23.1. The number of carboxylic acid groups (broad SMARTS) is 1. The summed E-state index contributed by atoms with van der Waals surface area (Å²) in [5.74, 6) is 1.53. The van der Waals surface area contributed by atoms with E-state index in [1.165, 1.54) is 17.7 Å². The predicted molar refractivity (Wildman–Crippen MR) is 149 cm³/mol. The molecule has 1 rings (SSSR count). The van der Waals surface area contributed by atoms with E-state index in [2.05, 4.69) is 43.3 Å². The number of hydrogen-bond donors (Lipinski definition) is 1. The van der Waals surface area contributed by atoms with E-state index in [9.17, 15) is 14.3 Å². The molecule has 0 amide bonds. The molecule has 0 saturated carbocycles. The van der Waals surface area contributed by atoms with Gasteiger partial charge >= 0.3 is 5.97 Å². The zero-order chi connectivity index (χ0) is 27.6. The third kappa shape index (κ3) is 7.81. The van der Waals surface area contributed by atoms with E-state index in [0.29, 0.717) is 6.42 Å². The van der Waals surface area contributed by atoms with Gasteiger partial charge in [0.05, 0.1) is 12.5 Å². The Kier molecular flexibility index (Phi) is 12.1. The van der Waals surface area contributed by atoms with Crippen LogP contribution in [0.25, 0.3) is 0 Å². The maximum atomic E-state index is 13.6. The largest absolute Gasteiger partial charge is 0.481 e. The van der Waals surface area contributed by atoms with Crippen molar-refractivity contribution < 1.29 is 14.3 Å². The summed E-state index contributed by atoms with van der Waals surface area (Å²) in [5.41, 5.74) is 8.69. The van der Waals surface area contributed by atoms with Gasteiger partial charge in [-0.15, -0.1) is 6.42 Å². The van der Waals surface area contributed by atoms with Crippen LogP contribution in [0.1, 0.15) is 80.2 Å². The second kappa shape index (κ2) is 14.2. The van der Waals surface area contributed by atoms with Crippen LogP contribution in [0.4, 0.5) is 4.39 Å². The van der Waals surface area contributed by atoms with Gasteiger partial charge in [0.25, 0.3) is 0 Å². The second-order valence-corrected chi connectivity index (χ2v) is 9.13. The van der Waals surface area contributed by atoms with Crippen LogP contribution < -0.4 is 0 Å². The summed E-state index contributed by atoms with van der Waals surface area (Å²) >= 11 is 0. The number of benzene rings is 1. The standard InChI is InChI=1S/C31H41FN2O2/c1-11-20(4)23(7)28(18-26-14-16-27(32)17-15-26)25(9)34(24(8)21(5)12-2)31(22(6)13-3)29(33-10)19-30(35)36/h1,14-17,29H,10,12-13,18-19H2,2-9H3,(H,35,36)/b23-20-,24-21+,28-25+,31-22?. The first-order chi connectivity index (χ1) is 16.9. The van der Waals surface area contributed by atoms with Crippen LogP contribution in [0, 0.1) is 18.2 Å². The Morgan fingerprint density at radius 3 is 2.06 bits per heavy atom. The molecule has 1 unspecified atom stereocenters. The fraction of sp³-hybridized carbons (Fsp3) is 0.419. The van der Waals surface area contributed by atoms with E-state index in [-0.39, 0.29) is 12.2 Å². The van der Waals surface area contributed by atoms with Gasteiger partial charge in [0.1, 0.15) is 5.82 Å². The van der Waals surface area contributed by atoms with Crippen LogP contribution in [0.15, 0.2) is 74.2 Å². The second-order valence-electron chi connectivity index (χ2n) is 9.13. The van der Waals surface area contributed by atoms with Gasteiger partial charge in [0.15, 0.2) is 0 Å². The lowest BCUT2D eigenvalue weighted by molar-refractivity contribution is -0.137. The molecule has 0 radical (unpaired) electrons. The molecule has 0 fully saturated rings. The molecule has 194 valence electrons. The topological polar surface area (TPSA) is 52.9 Å². The summed E-state index contributed by atoms with van der Waals surface area (Å²) in [7, 11) is 0. The van der Waals surface area contributed by atoms with Gasteiger partial charge in [-0.3, -0.25) is 9.79 Å². The molecular formula is C31H41FN2O2. The van der Waals surface area contributed by atoms with Crippen molar-refractivity contribution in [1.29, 1.82) is 0 Å². The zero-order valence-corrected chi connectivity index (χ0v) is 23.1.